The first-order valence-electron chi connectivity index (χ1n) is 24.6. The molecule has 15 nitrogen and oxygen atoms in total. The highest BCUT2D eigenvalue weighted by Crippen LogP contribution is 2.52. The van der Waals surface area contributed by atoms with Crippen molar-refractivity contribution in [3.63, 3.8) is 0 Å². The third-order valence-corrected chi connectivity index (χ3v) is 15.2. The summed E-state index contributed by atoms with van der Waals surface area (Å²) in [5.41, 5.74) is 1.04. The number of aliphatic hydroxyl groups excluding tert-OH is 2. The molecule has 0 saturated carbocycles. The molecule has 12 atom stereocenters. The number of methoxy groups -OCH3 is 1. The Balaban J connectivity index is 1.36. The molecule has 4 heterocycles. The van der Waals surface area contributed by atoms with Crippen LogP contribution in [0, 0.1) is 30.6 Å². The van der Waals surface area contributed by atoms with E-state index >= 15 is 4.79 Å². The Morgan fingerprint density at radius 3 is 2.07 bits per heavy atom. The summed E-state index contributed by atoms with van der Waals surface area (Å²) in [5.74, 6) is -7.26. The minimum Gasteiger partial charge on any atom is -0.507 e. The molecule has 380 valence electrons. The fourth-order valence-corrected chi connectivity index (χ4v) is 11.1. The van der Waals surface area contributed by atoms with Gasteiger partial charge in [-0.25, -0.2) is 0 Å². The van der Waals surface area contributed by atoms with Crippen LogP contribution in [0.2, 0.25) is 0 Å². The minimum absolute atomic E-state index is 0.00423. The monoisotopic (exact) mass is 982 g/mol. The number of aliphatic hydroxyl groups is 2. The zero-order valence-corrected chi connectivity index (χ0v) is 42.3. The first-order valence-corrected chi connectivity index (χ1v) is 24.6. The third-order valence-electron chi connectivity index (χ3n) is 15.2. The number of Topliss-reactive ketones (excluding diaryl/α,β-unsaturated/α-hetero) is 1. The van der Waals surface area contributed by atoms with E-state index in [4.69, 9.17) is 28.9 Å². The average Bonchev–Trinajstić information content (AvgIpc) is 3.87. The Bertz CT molecular complexity index is 2940. The molecule has 0 aliphatic carbocycles. The van der Waals surface area contributed by atoms with Crippen LogP contribution in [0.15, 0.2) is 119 Å². The highest BCUT2D eigenvalue weighted by atomic mass is 16.7. The number of anilines is 1. The van der Waals surface area contributed by atoms with E-state index in [0.29, 0.717) is 19.4 Å². The van der Waals surface area contributed by atoms with Crippen molar-refractivity contribution >= 4 is 34.1 Å². The molecule has 1 saturated heterocycles. The van der Waals surface area contributed by atoms with Crippen molar-refractivity contribution in [1.29, 1.82) is 0 Å². The molecule has 4 bridgehead atoms. The van der Waals surface area contributed by atoms with Crippen LogP contribution >= 0.6 is 0 Å². The van der Waals surface area contributed by atoms with Crippen molar-refractivity contribution in [2.45, 2.75) is 116 Å². The van der Waals surface area contributed by atoms with Gasteiger partial charge in [0.1, 0.15) is 28.6 Å². The molecule has 72 heavy (non-hydrogen) atoms. The lowest BCUT2D eigenvalue weighted by Crippen LogP contribution is -2.46. The molecule has 0 aromatic heterocycles. The summed E-state index contributed by atoms with van der Waals surface area (Å²) in [6.45, 7) is 17.5. The summed E-state index contributed by atoms with van der Waals surface area (Å²) in [6.07, 6.45) is 6.43. The first kappa shape index (κ1) is 51.7. The lowest BCUT2D eigenvalue weighted by molar-refractivity contribution is -0.160. The van der Waals surface area contributed by atoms with Gasteiger partial charge in [-0.3, -0.25) is 29.3 Å². The molecule has 1 spiro atoms. The van der Waals surface area contributed by atoms with Gasteiger partial charge in [-0.05, 0) is 31.1 Å². The summed E-state index contributed by atoms with van der Waals surface area (Å²) < 4.78 is 24.3. The maximum Gasteiger partial charge on any atom is 0.312 e. The van der Waals surface area contributed by atoms with Crippen molar-refractivity contribution in [3.05, 3.63) is 142 Å². The number of ether oxygens (including phenoxy) is 4. The Labute approximate surface area is 419 Å². The highest BCUT2D eigenvalue weighted by Gasteiger charge is 2.52. The van der Waals surface area contributed by atoms with Crippen LogP contribution in [0.1, 0.15) is 100 Å². The molecule has 1 unspecified atom stereocenters. The van der Waals surface area contributed by atoms with Crippen LogP contribution in [0.5, 0.6) is 17.2 Å². The van der Waals surface area contributed by atoms with Crippen LogP contribution in [-0.4, -0.2) is 92.5 Å². The molecule has 5 N–H and O–H groups in total. The fraction of sp³-hybridized carbons (Fsp3) is 0.421. The zero-order valence-electron chi connectivity index (χ0n) is 42.3. The number of phenolic OH excluding ortho intramolecular Hbond substituents is 2. The SMILES string of the molecule is C=CCN1[C@@H](c2ccccc2)CC2(C[C@H]1c1ccccc1)N=c1c3c(O)c4c(O)c(C)c5c(c4c1=N2)C(=O)[C@@](C)(O/C=C/[C@H](OC)[C@@H](C)[C@@H](OC(C)=O)[C@@H](C)[C@@H](O)[C@H](C)[C@@H](O)[C@@H](C)/C=C/C=C(/C)C(=O)N3)O5. The summed E-state index contributed by atoms with van der Waals surface area (Å²) in [5, 5.41) is 51.1. The number of likely N-dealkylation sites (tertiary alicyclic amines) is 1. The van der Waals surface area contributed by atoms with Crippen LogP contribution in [0.25, 0.3) is 10.8 Å². The number of nitrogens with one attached hydrogen (secondary N) is 1. The molecular formula is C57H66N4O11. The van der Waals surface area contributed by atoms with E-state index in [0.717, 1.165) is 11.1 Å². The summed E-state index contributed by atoms with van der Waals surface area (Å²) in [6, 6.07) is 19.6. The maximum atomic E-state index is 15.2. The van der Waals surface area contributed by atoms with Gasteiger partial charge in [0, 0.05) is 92.6 Å². The van der Waals surface area contributed by atoms with Gasteiger partial charge in [-0.15, -0.1) is 6.58 Å². The Hall–Kier alpha value is -6.65. The summed E-state index contributed by atoms with van der Waals surface area (Å²) >= 11 is 0. The molecule has 15 heteroatoms. The van der Waals surface area contributed by atoms with E-state index < -0.39 is 88.7 Å². The minimum atomic E-state index is -2.02. The predicted octanol–water partition coefficient (Wildman–Crippen LogP) is 7.76. The molecule has 4 aliphatic heterocycles. The molecule has 4 aromatic rings. The van der Waals surface area contributed by atoms with Crippen molar-refractivity contribution in [2.75, 3.05) is 19.0 Å². The molecule has 0 radical (unpaired) electrons. The van der Waals surface area contributed by atoms with Crippen molar-refractivity contribution in [3.8, 4) is 17.2 Å². The highest BCUT2D eigenvalue weighted by molar-refractivity contribution is 6.19. The number of rotatable bonds is 6. The number of benzene rings is 4. The number of allylic oxidation sites excluding steroid dienone is 2. The number of amides is 1. The molecule has 8 rings (SSSR count). The third kappa shape index (κ3) is 9.34. The summed E-state index contributed by atoms with van der Waals surface area (Å²) in [4.78, 5) is 55.3. The number of fused-ring (bicyclic) bond motifs is 1. The zero-order chi connectivity index (χ0) is 52.0. The molecule has 4 aromatic carbocycles. The largest absolute Gasteiger partial charge is 0.507 e. The van der Waals surface area contributed by atoms with E-state index in [-0.39, 0.29) is 61.7 Å². The number of ketones is 1. The second-order valence-corrected chi connectivity index (χ2v) is 20.0. The number of aromatic hydroxyl groups is 2. The van der Waals surface area contributed by atoms with Gasteiger partial charge in [-0.1, -0.05) is 113 Å². The van der Waals surface area contributed by atoms with Crippen molar-refractivity contribution in [1.82, 2.24) is 4.90 Å². The van der Waals surface area contributed by atoms with Gasteiger partial charge in [0.2, 0.25) is 0 Å². The van der Waals surface area contributed by atoms with Gasteiger partial charge in [0.15, 0.2) is 11.4 Å². The number of phenols is 2. The number of hydrogen-bond donors (Lipinski definition) is 5. The number of carbonyl (C=O) groups excluding carboxylic acids is 3. The van der Waals surface area contributed by atoms with Crippen LogP contribution < -0.4 is 20.8 Å². The number of esters is 1. The van der Waals surface area contributed by atoms with Gasteiger partial charge in [-0.2, -0.15) is 0 Å². The lowest BCUT2D eigenvalue weighted by Gasteiger charge is -2.47. The Morgan fingerprint density at radius 2 is 1.49 bits per heavy atom. The summed E-state index contributed by atoms with van der Waals surface area (Å²) in [7, 11) is 1.47. The lowest BCUT2D eigenvalue weighted by atomic mass is 9.78. The number of piperidine rings is 1. The van der Waals surface area contributed by atoms with E-state index in [9.17, 15) is 30.0 Å². The van der Waals surface area contributed by atoms with Crippen LogP contribution in [0.3, 0.4) is 0 Å². The van der Waals surface area contributed by atoms with Gasteiger partial charge < -0.3 is 44.7 Å². The number of carbonyl (C=O) groups is 3. The predicted molar refractivity (Wildman–Crippen MR) is 272 cm³/mol. The Kier molecular flexibility index (Phi) is 14.7. The normalized spacial score (nSPS) is 32.6. The van der Waals surface area contributed by atoms with Gasteiger partial charge >= 0.3 is 11.8 Å². The average molecular weight is 983 g/mol. The van der Waals surface area contributed by atoms with Crippen LogP contribution in [-0.2, 0) is 23.8 Å². The smallest absolute Gasteiger partial charge is 0.312 e. The number of hydrogen-bond acceptors (Lipinski definition) is 14. The fourth-order valence-electron chi connectivity index (χ4n) is 11.1. The maximum absolute atomic E-state index is 15.2. The van der Waals surface area contributed by atoms with E-state index in [1.54, 1.807) is 65.8 Å². The van der Waals surface area contributed by atoms with Crippen LogP contribution in [0.4, 0.5) is 5.69 Å². The molecule has 1 amide bonds. The van der Waals surface area contributed by atoms with Crippen molar-refractivity contribution < 1.29 is 53.8 Å². The van der Waals surface area contributed by atoms with Crippen molar-refractivity contribution in [2.24, 2.45) is 33.7 Å². The van der Waals surface area contributed by atoms with Gasteiger partial charge in [0.25, 0.3) is 11.7 Å². The second-order valence-electron chi connectivity index (χ2n) is 20.0. The molecule has 4 aliphatic rings. The van der Waals surface area contributed by atoms with E-state index in [1.807, 2.05) is 42.5 Å². The second kappa shape index (κ2) is 20.5. The molecule has 1 fully saturated rings. The van der Waals surface area contributed by atoms with E-state index in [1.165, 1.54) is 27.2 Å². The number of nitrogens with zero attached hydrogens (tertiary/aromatic N) is 3. The van der Waals surface area contributed by atoms with E-state index in [2.05, 4.69) is 41.1 Å². The standard InChI is InChI=1S/C57H66N4O11/c1-11-26-61-39(37-21-14-12-15-22-37)28-57(29-40(61)38-23-16-13-17-24-38)59-45-42-43-50(65)35(7)53-44(42)54(67)56(9,72-53)70-27-25-41(69-10)32(4)52(71-36(8)62)34(6)49(64)33(5)48(63)30(2)19-18-20-31(3)55(68)58-47(51(43)66)46(45)60-57/h11-25,27,30,32-34,39-41,48-49,52,63-66H,1,26,28-29H2,2-10H3,(H,58,68)/b19-18+,27-25+,31-20-/t30-,32+,33+,34-,39-,40+,41-,48-,49-,52+,56-,57?/m0/s1. The first-order chi connectivity index (χ1) is 34.3. The quantitative estimate of drug-likeness (QED) is 0.0714. The van der Waals surface area contributed by atoms with Gasteiger partial charge in [0.05, 0.1) is 40.9 Å². The topological polar surface area (TPSA) is 209 Å². The Morgan fingerprint density at radius 1 is 0.875 bits per heavy atom. The molecular weight excluding hydrogens is 917 g/mol.